The molecule has 1 saturated heterocycles. The Morgan fingerprint density at radius 2 is 1.76 bits per heavy atom. The number of likely N-dealkylation sites (tertiary alicyclic amines) is 1. The summed E-state index contributed by atoms with van der Waals surface area (Å²) in [7, 11) is 0. The van der Waals surface area contributed by atoms with Crippen LogP contribution in [0.2, 0.25) is 0 Å². The maximum absolute atomic E-state index is 13.1. The van der Waals surface area contributed by atoms with Crippen LogP contribution in [0.3, 0.4) is 0 Å². The molecule has 4 amide bonds. The topological polar surface area (TPSA) is 211 Å². The van der Waals surface area contributed by atoms with Crippen molar-refractivity contribution in [2.75, 3.05) is 25.1 Å². The minimum atomic E-state index is -1.31. The molecule has 0 bridgehead atoms. The number of carboxylic acid groups (broad SMARTS) is 1. The zero-order chi connectivity index (χ0) is 25.0. The standard InChI is InChI=1S/C20H36N6O6S/c1-33-10-7-13(19(30)26-9-4-6-15(26)20(31)32)24-18(29)14(11-16(23)27)25-17(28)12(22)5-2-3-8-21/h12-15H,2-11,21-22H2,1H3,(H2,23,27)(H,24,29)(H,25,28)(H,31,32). The van der Waals surface area contributed by atoms with Gasteiger partial charge in [-0.25, -0.2) is 4.79 Å². The molecule has 0 aromatic carbocycles. The largest absolute Gasteiger partial charge is 0.480 e. The molecule has 0 aliphatic carbocycles. The highest BCUT2D eigenvalue weighted by Crippen LogP contribution is 2.19. The molecule has 1 aliphatic rings. The molecule has 0 aromatic heterocycles. The summed E-state index contributed by atoms with van der Waals surface area (Å²) < 4.78 is 0. The van der Waals surface area contributed by atoms with Crippen molar-refractivity contribution in [3.8, 4) is 0 Å². The molecule has 1 rings (SSSR count). The molecule has 9 N–H and O–H groups in total. The first-order chi connectivity index (χ1) is 15.6. The Morgan fingerprint density at radius 3 is 2.33 bits per heavy atom. The molecule has 4 atom stereocenters. The van der Waals surface area contributed by atoms with Crippen molar-refractivity contribution in [1.29, 1.82) is 0 Å². The molecule has 0 aromatic rings. The SMILES string of the molecule is CSCCC(NC(=O)C(CC(N)=O)NC(=O)C(N)CCCCN)C(=O)N1CCCC1C(=O)O. The first-order valence-corrected chi connectivity index (χ1v) is 12.4. The Hall–Kier alpha value is -2.38. The predicted octanol–water partition coefficient (Wildman–Crippen LogP) is -1.88. The quantitative estimate of drug-likeness (QED) is 0.142. The molecule has 33 heavy (non-hydrogen) atoms. The smallest absolute Gasteiger partial charge is 0.326 e. The second kappa shape index (κ2) is 14.7. The van der Waals surface area contributed by atoms with E-state index in [4.69, 9.17) is 17.2 Å². The Balaban J connectivity index is 2.92. The molecule has 0 saturated carbocycles. The number of nitrogens with two attached hydrogens (primary N) is 3. The average molecular weight is 489 g/mol. The number of thioether (sulfide) groups is 1. The van der Waals surface area contributed by atoms with Gasteiger partial charge >= 0.3 is 5.97 Å². The van der Waals surface area contributed by atoms with Crippen LogP contribution in [0.1, 0.15) is 44.9 Å². The van der Waals surface area contributed by atoms with E-state index in [1.54, 1.807) is 0 Å². The molecule has 188 valence electrons. The summed E-state index contributed by atoms with van der Waals surface area (Å²) in [6, 6.07) is -4.15. The van der Waals surface area contributed by atoms with E-state index in [-0.39, 0.29) is 13.0 Å². The fourth-order valence-corrected chi connectivity index (χ4v) is 4.05. The first-order valence-electron chi connectivity index (χ1n) is 11.0. The van der Waals surface area contributed by atoms with Crippen molar-refractivity contribution in [1.82, 2.24) is 15.5 Å². The molecule has 1 aliphatic heterocycles. The van der Waals surface area contributed by atoms with Gasteiger partial charge in [0.05, 0.1) is 12.5 Å². The minimum Gasteiger partial charge on any atom is -0.480 e. The minimum absolute atomic E-state index is 0.254. The number of hydrogen-bond donors (Lipinski definition) is 6. The Labute approximate surface area is 197 Å². The van der Waals surface area contributed by atoms with Crippen molar-refractivity contribution in [2.24, 2.45) is 17.2 Å². The van der Waals surface area contributed by atoms with Gasteiger partial charge in [-0.3, -0.25) is 19.2 Å². The summed E-state index contributed by atoms with van der Waals surface area (Å²) in [5, 5.41) is 14.4. The summed E-state index contributed by atoms with van der Waals surface area (Å²) in [5.41, 5.74) is 16.5. The monoisotopic (exact) mass is 488 g/mol. The van der Waals surface area contributed by atoms with Crippen LogP contribution in [-0.2, 0) is 24.0 Å². The van der Waals surface area contributed by atoms with Gasteiger partial charge in [0.2, 0.25) is 23.6 Å². The van der Waals surface area contributed by atoms with Crippen LogP contribution in [0.25, 0.3) is 0 Å². The van der Waals surface area contributed by atoms with Gasteiger partial charge in [0.25, 0.3) is 0 Å². The fourth-order valence-electron chi connectivity index (χ4n) is 3.58. The molecule has 0 spiro atoms. The number of unbranched alkanes of at least 4 members (excludes halogenated alkanes) is 1. The fraction of sp³-hybridized carbons (Fsp3) is 0.750. The van der Waals surface area contributed by atoms with Gasteiger partial charge in [0, 0.05) is 6.54 Å². The van der Waals surface area contributed by atoms with Gasteiger partial charge in [-0.2, -0.15) is 11.8 Å². The van der Waals surface area contributed by atoms with Crippen LogP contribution in [0, 0.1) is 0 Å². The van der Waals surface area contributed by atoms with Crippen LogP contribution in [-0.4, -0.2) is 88.9 Å². The second-order valence-electron chi connectivity index (χ2n) is 7.99. The Morgan fingerprint density at radius 1 is 1.09 bits per heavy atom. The summed E-state index contributed by atoms with van der Waals surface area (Å²) in [6.07, 6.45) is 4.18. The van der Waals surface area contributed by atoms with E-state index in [9.17, 15) is 29.1 Å². The second-order valence-corrected chi connectivity index (χ2v) is 8.98. The van der Waals surface area contributed by atoms with Crippen LogP contribution in [0.5, 0.6) is 0 Å². The molecule has 13 heteroatoms. The maximum Gasteiger partial charge on any atom is 0.326 e. The first kappa shape index (κ1) is 28.7. The van der Waals surface area contributed by atoms with Gasteiger partial charge in [-0.15, -0.1) is 0 Å². The number of carbonyl (C=O) groups excluding carboxylic acids is 4. The average Bonchev–Trinajstić information content (AvgIpc) is 3.25. The van der Waals surface area contributed by atoms with Crippen molar-refractivity contribution >= 4 is 41.4 Å². The number of nitrogens with zero attached hydrogens (tertiary/aromatic N) is 1. The van der Waals surface area contributed by atoms with Gasteiger partial charge in [0.1, 0.15) is 18.1 Å². The molecule has 0 radical (unpaired) electrons. The highest BCUT2D eigenvalue weighted by Gasteiger charge is 2.38. The van der Waals surface area contributed by atoms with Crippen molar-refractivity contribution in [3.05, 3.63) is 0 Å². The number of aliphatic carboxylic acids is 1. The zero-order valence-electron chi connectivity index (χ0n) is 19.0. The number of primary amides is 1. The summed E-state index contributed by atoms with van der Waals surface area (Å²) in [6.45, 7) is 0.743. The van der Waals surface area contributed by atoms with Gasteiger partial charge in [0.15, 0.2) is 0 Å². The molecule has 4 unspecified atom stereocenters. The van der Waals surface area contributed by atoms with Gasteiger partial charge in [-0.1, -0.05) is 6.42 Å². The summed E-state index contributed by atoms with van der Waals surface area (Å²) in [4.78, 5) is 62.6. The van der Waals surface area contributed by atoms with Crippen LogP contribution >= 0.6 is 11.8 Å². The lowest BCUT2D eigenvalue weighted by molar-refractivity contribution is -0.149. The molecule has 12 nitrogen and oxygen atoms in total. The highest BCUT2D eigenvalue weighted by atomic mass is 32.2. The number of amides is 4. The lowest BCUT2D eigenvalue weighted by Gasteiger charge is -2.28. The number of carboxylic acids is 1. The zero-order valence-corrected chi connectivity index (χ0v) is 19.8. The van der Waals surface area contributed by atoms with Crippen LogP contribution in [0.4, 0.5) is 0 Å². The third kappa shape index (κ3) is 9.56. The van der Waals surface area contributed by atoms with Crippen molar-refractivity contribution < 1.29 is 29.1 Å². The Bertz CT molecular complexity index is 709. The van der Waals surface area contributed by atoms with Crippen molar-refractivity contribution in [2.45, 2.75) is 69.1 Å². The highest BCUT2D eigenvalue weighted by molar-refractivity contribution is 7.98. The number of carbonyl (C=O) groups is 5. The predicted molar refractivity (Wildman–Crippen MR) is 124 cm³/mol. The third-order valence-corrected chi connectivity index (χ3v) is 6.03. The molecule has 1 fully saturated rings. The van der Waals surface area contributed by atoms with Gasteiger partial charge < -0.3 is 37.8 Å². The van der Waals surface area contributed by atoms with E-state index in [1.165, 1.54) is 16.7 Å². The number of rotatable bonds is 15. The van der Waals surface area contributed by atoms with E-state index in [2.05, 4.69) is 10.6 Å². The van der Waals surface area contributed by atoms with E-state index in [0.29, 0.717) is 44.4 Å². The summed E-state index contributed by atoms with van der Waals surface area (Å²) in [5.74, 6) is -3.28. The molecular formula is C20H36N6O6S. The van der Waals surface area contributed by atoms with Crippen LogP contribution in [0.15, 0.2) is 0 Å². The van der Waals surface area contributed by atoms with E-state index >= 15 is 0 Å². The van der Waals surface area contributed by atoms with Crippen molar-refractivity contribution in [3.63, 3.8) is 0 Å². The van der Waals surface area contributed by atoms with E-state index in [1.807, 2.05) is 6.26 Å². The summed E-state index contributed by atoms with van der Waals surface area (Å²) >= 11 is 1.46. The normalized spacial score (nSPS) is 18.3. The van der Waals surface area contributed by atoms with Gasteiger partial charge in [-0.05, 0) is 50.7 Å². The molecule has 1 heterocycles. The van der Waals surface area contributed by atoms with E-state index in [0.717, 1.165) is 0 Å². The lowest BCUT2D eigenvalue weighted by Crippen LogP contribution is -2.57. The maximum atomic E-state index is 13.1. The van der Waals surface area contributed by atoms with E-state index < -0.39 is 60.2 Å². The lowest BCUT2D eigenvalue weighted by atomic mass is 10.1. The number of nitrogens with one attached hydrogen (secondary N) is 2. The van der Waals surface area contributed by atoms with Crippen LogP contribution < -0.4 is 27.8 Å². The Kier molecular flexibility index (Phi) is 12.8. The number of hydrogen-bond acceptors (Lipinski definition) is 8. The third-order valence-electron chi connectivity index (χ3n) is 5.39. The molecular weight excluding hydrogens is 452 g/mol.